The van der Waals surface area contributed by atoms with Crippen LogP contribution in [0.5, 0.6) is 0 Å². The fourth-order valence-electron chi connectivity index (χ4n) is 1.18. The van der Waals surface area contributed by atoms with Crippen LogP contribution in [0.2, 0.25) is 0 Å². The van der Waals surface area contributed by atoms with Gasteiger partial charge >= 0.3 is 6.18 Å². The van der Waals surface area contributed by atoms with Gasteiger partial charge in [-0.3, -0.25) is 0 Å². The molecule has 0 bridgehead atoms. The number of nitrogens with one attached hydrogen (secondary N) is 1. The molecule has 6 heteroatoms. The highest BCUT2D eigenvalue weighted by molar-refractivity contribution is 9.10. The molecule has 16 heavy (non-hydrogen) atoms. The molecule has 0 amide bonds. The van der Waals surface area contributed by atoms with Crippen LogP contribution in [0.25, 0.3) is 0 Å². The molecule has 0 aliphatic heterocycles. The highest BCUT2D eigenvalue weighted by Crippen LogP contribution is 2.20. The van der Waals surface area contributed by atoms with E-state index in [2.05, 4.69) is 21.2 Å². The fraction of sp³-hybridized carbons (Fsp3) is 0.400. The van der Waals surface area contributed by atoms with Gasteiger partial charge in [0.15, 0.2) is 0 Å². The van der Waals surface area contributed by atoms with E-state index < -0.39 is 12.6 Å². The number of halogens is 4. The second kappa shape index (κ2) is 5.54. The van der Waals surface area contributed by atoms with Gasteiger partial charge in [0.2, 0.25) is 0 Å². The van der Waals surface area contributed by atoms with Crippen LogP contribution in [-0.4, -0.2) is 12.7 Å². The SMILES string of the molecule is Nc1cc(Br)ccc1CNCCC(F)(F)F. The van der Waals surface area contributed by atoms with Crippen molar-refractivity contribution >= 4 is 21.6 Å². The van der Waals surface area contributed by atoms with Gasteiger partial charge in [-0.2, -0.15) is 13.2 Å². The molecule has 0 aliphatic rings. The van der Waals surface area contributed by atoms with Gasteiger partial charge in [-0.15, -0.1) is 0 Å². The van der Waals surface area contributed by atoms with Crippen LogP contribution < -0.4 is 11.1 Å². The normalized spacial score (nSPS) is 11.8. The third-order valence-corrected chi connectivity index (χ3v) is 2.50. The Morgan fingerprint density at radius 3 is 2.56 bits per heavy atom. The summed E-state index contributed by atoms with van der Waals surface area (Å²) in [5, 5.41) is 2.70. The van der Waals surface area contributed by atoms with Gasteiger partial charge in [0.05, 0.1) is 6.42 Å². The number of rotatable bonds is 4. The first-order valence-corrected chi connectivity index (χ1v) is 5.49. The molecule has 2 nitrogen and oxygen atoms in total. The summed E-state index contributed by atoms with van der Waals surface area (Å²) in [6.45, 7) is 0.244. The van der Waals surface area contributed by atoms with Gasteiger partial charge in [-0.25, -0.2) is 0 Å². The Balaban J connectivity index is 2.38. The fourth-order valence-corrected chi connectivity index (χ4v) is 1.56. The molecule has 0 unspecified atom stereocenters. The van der Waals surface area contributed by atoms with E-state index in [0.717, 1.165) is 10.0 Å². The highest BCUT2D eigenvalue weighted by atomic mass is 79.9. The van der Waals surface area contributed by atoms with Crippen molar-refractivity contribution in [2.45, 2.75) is 19.1 Å². The molecule has 3 N–H and O–H groups in total. The molecule has 0 radical (unpaired) electrons. The third-order valence-electron chi connectivity index (χ3n) is 2.01. The van der Waals surface area contributed by atoms with E-state index in [-0.39, 0.29) is 6.54 Å². The van der Waals surface area contributed by atoms with Gasteiger partial charge in [0.1, 0.15) is 0 Å². The average Bonchev–Trinajstić information content (AvgIpc) is 2.13. The standard InChI is InChI=1S/C10H12BrF3N2/c11-8-2-1-7(9(15)5-8)6-16-4-3-10(12,13)14/h1-2,5,16H,3-4,6,15H2. The Hall–Kier alpha value is -0.750. The summed E-state index contributed by atoms with van der Waals surface area (Å²) >= 11 is 3.26. The van der Waals surface area contributed by atoms with Gasteiger partial charge in [-0.05, 0) is 17.7 Å². The van der Waals surface area contributed by atoms with Gasteiger partial charge in [0.25, 0.3) is 0 Å². The minimum Gasteiger partial charge on any atom is -0.398 e. The largest absolute Gasteiger partial charge is 0.398 e. The van der Waals surface area contributed by atoms with E-state index >= 15 is 0 Å². The van der Waals surface area contributed by atoms with Gasteiger partial charge in [-0.1, -0.05) is 22.0 Å². The number of anilines is 1. The van der Waals surface area contributed by atoms with E-state index in [1.165, 1.54) is 0 Å². The zero-order chi connectivity index (χ0) is 12.2. The number of nitrogens with two attached hydrogens (primary N) is 1. The van der Waals surface area contributed by atoms with Crippen LogP contribution in [0, 0.1) is 0 Å². The molecule has 1 rings (SSSR count). The average molecular weight is 297 g/mol. The molecule has 0 aliphatic carbocycles. The second-order valence-electron chi connectivity index (χ2n) is 3.39. The monoisotopic (exact) mass is 296 g/mol. The van der Waals surface area contributed by atoms with Crippen LogP contribution >= 0.6 is 15.9 Å². The summed E-state index contributed by atoms with van der Waals surface area (Å²) in [5.74, 6) is 0. The summed E-state index contributed by atoms with van der Waals surface area (Å²) in [6.07, 6.45) is -4.94. The lowest BCUT2D eigenvalue weighted by Crippen LogP contribution is -2.21. The zero-order valence-corrected chi connectivity index (χ0v) is 10.0. The minimum absolute atomic E-state index is 0.0982. The summed E-state index contributed by atoms with van der Waals surface area (Å²) < 4.78 is 36.4. The van der Waals surface area contributed by atoms with Gasteiger partial charge in [0, 0.05) is 23.2 Å². The predicted octanol–water partition coefficient (Wildman–Crippen LogP) is 3.07. The summed E-state index contributed by atoms with van der Waals surface area (Å²) in [5.41, 5.74) is 7.06. The number of benzene rings is 1. The lowest BCUT2D eigenvalue weighted by molar-refractivity contribution is -0.133. The Bertz CT molecular complexity index is 352. The van der Waals surface area contributed by atoms with E-state index in [1.54, 1.807) is 18.2 Å². The van der Waals surface area contributed by atoms with Crippen molar-refractivity contribution in [3.63, 3.8) is 0 Å². The van der Waals surface area contributed by atoms with Gasteiger partial charge < -0.3 is 11.1 Å². The highest BCUT2D eigenvalue weighted by Gasteiger charge is 2.25. The zero-order valence-electron chi connectivity index (χ0n) is 8.44. The quantitative estimate of drug-likeness (QED) is 0.662. The van der Waals surface area contributed by atoms with Crippen molar-refractivity contribution in [3.8, 4) is 0 Å². The molecule has 1 aromatic rings. The van der Waals surface area contributed by atoms with Crippen molar-refractivity contribution in [1.29, 1.82) is 0 Å². The molecule has 0 saturated heterocycles. The molecule has 0 spiro atoms. The summed E-state index contributed by atoms with van der Waals surface area (Å²) in [7, 11) is 0. The molecule has 90 valence electrons. The van der Waals surface area contributed by atoms with Crippen LogP contribution in [0.1, 0.15) is 12.0 Å². The summed E-state index contributed by atoms with van der Waals surface area (Å²) in [4.78, 5) is 0. The minimum atomic E-state index is -4.11. The smallest absolute Gasteiger partial charge is 0.390 e. The Morgan fingerprint density at radius 2 is 2.00 bits per heavy atom. The van der Waals surface area contributed by atoms with E-state index in [9.17, 15) is 13.2 Å². The predicted molar refractivity (Wildman–Crippen MR) is 60.9 cm³/mol. The maximum absolute atomic E-state index is 11.8. The number of hydrogen-bond acceptors (Lipinski definition) is 2. The molecule has 1 aromatic carbocycles. The van der Waals surface area contributed by atoms with Crippen molar-refractivity contribution in [1.82, 2.24) is 5.32 Å². The first-order valence-electron chi connectivity index (χ1n) is 4.70. The Kier molecular flexibility index (Phi) is 4.61. The summed E-state index contributed by atoms with van der Waals surface area (Å²) in [6, 6.07) is 5.30. The molecular weight excluding hydrogens is 285 g/mol. The molecule has 0 heterocycles. The van der Waals surface area contributed by atoms with Crippen LogP contribution in [0.4, 0.5) is 18.9 Å². The molecule has 0 aromatic heterocycles. The Labute approximate surface area is 100 Å². The molecule has 0 atom stereocenters. The van der Waals surface area contributed by atoms with E-state index in [1.807, 2.05) is 0 Å². The van der Waals surface area contributed by atoms with Crippen molar-refractivity contribution in [2.24, 2.45) is 0 Å². The van der Waals surface area contributed by atoms with E-state index in [0.29, 0.717) is 12.2 Å². The second-order valence-corrected chi connectivity index (χ2v) is 4.30. The number of alkyl halides is 3. The number of nitrogen functional groups attached to an aromatic ring is 1. The maximum atomic E-state index is 11.8. The molecule has 0 fully saturated rings. The van der Waals surface area contributed by atoms with Crippen molar-refractivity contribution in [2.75, 3.05) is 12.3 Å². The lowest BCUT2D eigenvalue weighted by atomic mass is 10.2. The molecular formula is C10H12BrF3N2. The number of hydrogen-bond donors (Lipinski definition) is 2. The van der Waals surface area contributed by atoms with E-state index in [4.69, 9.17) is 5.73 Å². The van der Waals surface area contributed by atoms with Crippen molar-refractivity contribution in [3.05, 3.63) is 28.2 Å². The molecule has 0 saturated carbocycles. The van der Waals surface area contributed by atoms with Crippen molar-refractivity contribution < 1.29 is 13.2 Å². The Morgan fingerprint density at radius 1 is 1.31 bits per heavy atom. The maximum Gasteiger partial charge on any atom is 0.390 e. The topological polar surface area (TPSA) is 38.0 Å². The van der Waals surface area contributed by atoms with Crippen LogP contribution in [-0.2, 0) is 6.54 Å². The third kappa shape index (κ3) is 4.85. The van der Waals surface area contributed by atoms with Crippen LogP contribution in [0.15, 0.2) is 22.7 Å². The first-order chi connectivity index (χ1) is 7.38. The van der Waals surface area contributed by atoms with Crippen LogP contribution in [0.3, 0.4) is 0 Å². The first kappa shape index (κ1) is 13.3. The lowest BCUT2D eigenvalue weighted by Gasteiger charge is -2.09.